The summed E-state index contributed by atoms with van der Waals surface area (Å²) in [4.78, 5) is 12.1. The average molecular weight is 284 g/mol. The zero-order chi connectivity index (χ0) is 15.0. The quantitative estimate of drug-likeness (QED) is 0.719. The summed E-state index contributed by atoms with van der Waals surface area (Å²) in [7, 11) is 0. The van der Waals surface area contributed by atoms with Crippen LogP contribution in [0.2, 0.25) is 0 Å². The number of nitrogens with one attached hydrogen (secondary N) is 1. The third-order valence-corrected chi connectivity index (χ3v) is 4.58. The first-order valence-electron chi connectivity index (χ1n) is 8.11. The summed E-state index contributed by atoms with van der Waals surface area (Å²) in [5.41, 5.74) is 5.64. The smallest absolute Gasteiger partial charge is 0.220 e. The maximum Gasteiger partial charge on any atom is 0.220 e. The second kappa shape index (κ2) is 9.35. The molecule has 2 unspecified atom stereocenters. The molecule has 1 fully saturated rings. The van der Waals surface area contributed by atoms with Gasteiger partial charge in [0.15, 0.2) is 0 Å². The van der Waals surface area contributed by atoms with Crippen molar-refractivity contribution in [3.05, 3.63) is 0 Å². The van der Waals surface area contributed by atoms with Crippen molar-refractivity contribution < 1.29 is 9.53 Å². The van der Waals surface area contributed by atoms with Crippen LogP contribution in [-0.2, 0) is 9.53 Å². The van der Waals surface area contributed by atoms with E-state index in [2.05, 4.69) is 26.1 Å². The van der Waals surface area contributed by atoms with E-state index in [0.717, 1.165) is 38.9 Å². The zero-order valence-corrected chi connectivity index (χ0v) is 13.4. The number of carbonyl (C=O) groups excluding carboxylic acids is 1. The third kappa shape index (κ3) is 6.23. The molecule has 4 heteroatoms. The number of nitrogens with two attached hydrogens (primary N) is 1. The minimum Gasteiger partial charge on any atom is -0.381 e. The van der Waals surface area contributed by atoms with Gasteiger partial charge in [0, 0.05) is 25.7 Å². The molecule has 3 N–H and O–H groups in total. The lowest BCUT2D eigenvalue weighted by Crippen LogP contribution is -2.40. The van der Waals surface area contributed by atoms with Crippen molar-refractivity contribution in [3.8, 4) is 0 Å². The highest BCUT2D eigenvalue weighted by atomic mass is 16.5. The van der Waals surface area contributed by atoms with E-state index < -0.39 is 0 Å². The summed E-state index contributed by atoms with van der Waals surface area (Å²) in [6, 6.07) is 0.262. The molecular weight excluding hydrogens is 252 g/mol. The summed E-state index contributed by atoms with van der Waals surface area (Å²) < 4.78 is 5.36. The Kier molecular flexibility index (Phi) is 8.15. The molecule has 2 atom stereocenters. The summed E-state index contributed by atoms with van der Waals surface area (Å²) in [5, 5.41) is 3.16. The Morgan fingerprint density at radius 2 is 1.90 bits per heavy atom. The molecule has 0 aromatic rings. The predicted molar refractivity (Wildman–Crippen MR) is 82.4 cm³/mol. The van der Waals surface area contributed by atoms with Crippen molar-refractivity contribution in [2.45, 2.75) is 58.9 Å². The second-order valence-corrected chi connectivity index (χ2v) is 6.43. The highest BCUT2D eigenvalue weighted by molar-refractivity contribution is 5.76. The van der Waals surface area contributed by atoms with Gasteiger partial charge in [-0.1, -0.05) is 13.8 Å². The molecule has 0 spiro atoms. The van der Waals surface area contributed by atoms with E-state index in [1.54, 1.807) is 0 Å². The molecule has 1 amide bonds. The van der Waals surface area contributed by atoms with Crippen molar-refractivity contribution in [1.29, 1.82) is 0 Å². The van der Waals surface area contributed by atoms with Crippen LogP contribution in [0.3, 0.4) is 0 Å². The SMILES string of the molecule is CC(C)C(CCN)CCC(=O)NC(C)C1CCOCC1. The van der Waals surface area contributed by atoms with Crippen LogP contribution >= 0.6 is 0 Å². The molecule has 0 radical (unpaired) electrons. The number of ether oxygens (including phenoxy) is 1. The van der Waals surface area contributed by atoms with Gasteiger partial charge in [0.1, 0.15) is 0 Å². The molecule has 1 aliphatic rings. The molecular formula is C16H32N2O2. The average Bonchev–Trinajstić information content (AvgIpc) is 2.44. The van der Waals surface area contributed by atoms with Gasteiger partial charge in [0.05, 0.1) is 0 Å². The molecule has 0 aliphatic carbocycles. The zero-order valence-electron chi connectivity index (χ0n) is 13.4. The van der Waals surface area contributed by atoms with Gasteiger partial charge in [-0.3, -0.25) is 4.79 Å². The predicted octanol–water partition coefficient (Wildman–Crippen LogP) is 2.32. The summed E-state index contributed by atoms with van der Waals surface area (Å²) >= 11 is 0. The van der Waals surface area contributed by atoms with Gasteiger partial charge in [-0.05, 0) is 56.9 Å². The molecule has 1 aliphatic heterocycles. The monoisotopic (exact) mass is 284 g/mol. The number of hydrogen-bond acceptors (Lipinski definition) is 3. The van der Waals surface area contributed by atoms with Gasteiger partial charge in [-0.2, -0.15) is 0 Å². The molecule has 1 heterocycles. The Bertz CT molecular complexity index is 276. The fraction of sp³-hybridized carbons (Fsp3) is 0.938. The number of amides is 1. The Hall–Kier alpha value is -0.610. The highest BCUT2D eigenvalue weighted by Crippen LogP contribution is 2.21. The summed E-state index contributed by atoms with van der Waals surface area (Å²) in [5.74, 6) is 1.91. The van der Waals surface area contributed by atoms with Gasteiger partial charge in [0.25, 0.3) is 0 Å². The summed E-state index contributed by atoms with van der Waals surface area (Å²) in [6.07, 6.45) is 4.70. The fourth-order valence-corrected chi connectivity index (χ4v) is 3.00. The minimum atomic E-state index is 0.187. The first-order valence-corrected chi connectivity index (χ1v) is 8.11. The molecule has 20 heavy (non-hydrogen) atoms. The lowest BCUT2D eigenvalue weighted by molar-refractivity contribution is -0.122. The standard InChI is InChI=1S/C16H32N2O2/c1-12(2)14(6-9-17)4-5-16(19)18-13(3)15-7-10-20-11-8-15/h12-15H,4-11,17H2,1-3H3,(H,18,19). The molecule has 1 saturated heterocycles. The van der Waals surface area contributed by atoms with Gasteiger partial charge < -0.3 is 15.8 Å². The van der Waals surface area contributed by atoms with E-state index in [1.807, 2.05) is 0 Å². The van der Waals surface area contributed by atoms with Gasteiger partial charge >= 0.3 is 0 Å². The van der Waals surface area contributed by atoms with Gasteiger partial charge in [0.2, 0.25) is 5.91 Å². The van der Waals surface area contributed by atoms with Crippen molar-refractivity contribution in [1.82, 2.24) is 5.32 Å². The summed E-state index contributed by atoms with van der Waals surface area (Å²) in [6.45, 7) is 8.91. The fourth-order valence-electron chi connectivity index (χ4n) is 3.00. The topological polar surface area (TPSA) is 64.4 Å². The van der Waals surface area contributed by atoms with Gasteiger partial charge in [-0.25, -0.2) is 0 Å². The number of rotatable bonds is 8. The van der Waals surface area contributed by atoms with Crippen LogP contribution in [0.5, 0.6) is 0 Å². The molecule has 0 saturated carbocycles. The largest absolute Gasteiger partial charge is 0.381 e. The molecule has 118 valence electrons. The normalized spacial score (nSPS) is 19.9. The second-order valence-electron chi connectivity index (χ2n) is 6.43. The Labute approximate surface area is 123 Å². The maximum absolute atomic E-state index is 12.1. The van der Waals surface area contributed by atoms with E-state index in [4.69, 9.17) is 10.5 Å². The lowest BCUT2D eigenvalue weighted by atomic mass is 9.88. The van der Waals surface area contributed by atoms with E-state index in [0.29, 0.717) is 30.7 Å². The van der Waals surface area contributed by atoms with Crippen molar-refractivity contribution >= 4 is 5.91 Å². The van der Waals surface area contributed by atoms with Crippen LogP contribution in [0.4, 0.5) is 0 Å². The Morgan fingerprint density at radius 3 is 2.45 bits per heavy atom. The van der Waals surface area contributed by atoms with Crippen molar-refractivity contribution in [3.63, 3.8) is 0 Å². The molecule has 0 aromatic carbocycles. The number of carbonyl (C=O) groups is 1. The van der Waals surface area contributed by atoms with Crippen LogP contribution in [0.25, 0.3) is 0 Å². The Balaban J connectivity index is 2.27. The van der Waals surface area contributed by atoms with E-state index in [-0.39, 0.29) is 11.9 Å². The lowest BCUT2D eigenvalue weighted by Gasteiger charge is -2.28. The van der Waals surface area contributed by atoms with Crippen molar-refractivity contribution in [2.75, 3.05) is 19.8 Å². The van der Waals surface area contributed by atoms with E-state index >= 15 is 0 Å². The molecule has 0 bridgehead atoms. The van der Waals surface area contributed by atoms with Crippen molar-refractivity contribution in [2.24, 2.45) is 23.5 Å². The van der Waals surface area contributed by atoms with Crippen LogP contribution < -0.4 is 11.1 Å². The van der Waals surface area contributed by atoms with E-state index in [9.17, 15) is 4.79 Å². The van der Waals surface area contributed by atoms with Crippen LogP contribution in [0.1, 0.15) is 52.9 Å². The number of hydrogen-bond donors (Lipinski definition) is 2. The molecule has 1 rings (SSSR count). The first kappa shape index (κ1) is 17.4. The maximum atomic E-state index is 12.1. The van der Waals surface area contributed by atoms with E-state index in [1.165, 1.54) is 0 Å². The first-order chi connectivity index (χ1) is 9.54. The van der Waals surface area contributed by atoms with Crippen LogP contribution in [0.15, 0.2) is 0 Å². The molecule has 0 aromatic heterocycles. The van der Waals surface area contributed by atoms with Gasteiger partial charge in [-0.15, -0.1) is 0 Å². The molecule has 4 nitrogen and oxygen atoms in total. The highest BCUT2D eigenvalue weighted by Gasteiger charge is 2.22. The van der Waals surface area contributed by atoms with Crippen LogP contribution in [-0.4, -0.2) is 31.7 Å². The Morgan fingerprint density at radius 1 is 1.25 bits per heavy atom. The minimum absolute atomic E-state index is 0.187. The van der Waals surface area contributed by atoms with Crippen LogP contribution in [0, 0.1) is 17.8 Å². The third-order valence-electron chi connectivity index (χ3n) is 4.58.